The van der Waals surface area contributed by atoms with Gasteiger partial charge >= 0.3 is 0 Å². The maximum atomic E-state index is 12.1. The summed E-state index contributed by atoms with van der Waals surface area (Å²) in [4.78, 5) is 17.0. The van der Waals surface area contributed by atoms with Crippen LogP contribution < -0.4 is 11.1 Å². The van der Waals surface area contributed by atoms with E-state index in [4.69, 9.17) is 5.73 Å². The van der Waals surface area contributed by atoms with Crippen molar-refractivity contribution in [2.24, 2.45) is 11.7 Å². The lowest BCUT2D eigenvalue weighted by Crippen LogP contribution is -2.48. The minimum Gasteiger partial charge on any atom is -0.355 e. The Morgan fingerprint density at radius 3 is 2.72 bits per heavy atom. The number of hydrogen-bond acceptors (Lipinski definition) is 4. The molecule has 2 rings (SSSR count). The molecular weight excluding hydrogens is 312 g/mol. The zero-order valence-corrected chi connectivity index (χ0v) is 15.9. The highest BCUT2D eigenvalue weighted by Gasteiger charge is 2.26. The summed E-state index contributed by atoms with van der Waals surface area (Å²) in [5, 5.41) is 3.00. The van der Waals surface area contributed by atoms with Gasteiger partial charge in [0, 0.05) is 38.8 Å². The summed E-state index contributed by atoms with van der Waals surface area (Å²) < 4.78 is 0. The van der Waals surface area contributed by atoms with Crippen LogP contribution in [0.2, 0.25) is 0 Å². The Bertz CT molecular complexity index is 522. The van der Waals surface area contributed by atoms with E-state index < -0.39 is 6.04 Å². The van der Waals surface area contributed by atoms with Gasteiger partial charge in [0.2, 0.25) is 5.91 Å². The fraction of sp³-hybridized carbons (Fsp3) is 0.650. The number of nitrogens with zero attached hydrogens (tertiary/aromatic N) is 2. The number of piperazine rings is 1. The molecular formula is C20H34N4O. The van der Waals surface area contributed by atoms with Crippen LogP contribution in [0.1, 0.15) is 38.3 Å². The van der Waals surface area contributed by atoms with Crippen molar-refractivity contribution in [1.29, 1.82) is 0 Å². The van der Waals surface area contributed by atoms with Crippen molar-refractivity contribution in [2.45, 2.75) is 38.8 Å². The van der Waals surface area contributed by atoms with Crippen LogP contribution in [0.15, 0.2) is 30.3 Å². The number of rotatable bonds is 8. The lowest BCUT2D eigenvalue weighted by Gasteiger charge is -2.40. The number of likely N-dealkylation sites (N-methyl/N-ethyl adjacent to an activating group) is 1. The summed E-state index contributed by atoms with van der Waals surface area (Å²) in [6.07, 6.45) is 1.88. The van der Waals surface area contributed by atoms with Crippen LogP contribution in [0.25, 0.3) is 0 Å². The Hall–Kier alpha value is -1.43. The van der Waals surface area contributed by atoms with Crippen molar-refractivity contribution in [2.75, 3.05) is 39.8 Å². The molecule has 1 amide bonds. The summed E-state index contributed by atoms with van der Waals surface area (Å²) in [6.45, 7) is 8.98. The molecule has 5 nitrogen and oxygen atoms in total. The van der Waals surface area contributed by atoms with Gasteiger partial charge in [-0.25, -0.2) is 0 Å². The second-order valence-corrected chi connectivity index (χ2v) is 7.28. The van der Waals surface area contributed by atoms with Crippen LogP contribution in [0.4, 0.5) is 0 Å². The molecule has 1 aromatic rings. The van der Waals surface area contributed by atoms with E-state index in [1.807, 2.05) is 6.92 Å². The largest absolute Gasteiger partial charge is 0.355 e. The second-order valence-electron chi connectivity index (χ2n) is 7.28. The first-order valence-electron chi connectivity index (χ1n) is 9.53. The van der Waals surface area contributed by atoms with E-state index in [2.05, 4.69) is 59.4 Å². The van der Waals surface area contributed by atoms with Crippen LogP contribution in [-0.4, -0.2) is 61.5 Å². The van der Waals surface area contributed by atoms with Crippen LogP contribution in [-0.2, 0) is 4.79 Å². The molecule has 3 N–H and O–H groups in total. The van der Waals surface area contributed by atoms with Crippen molar-refractivity contribution in [3.8, 4) is 0 Å². The molecule has 0 radical (unpaired) electrons. The maximum Gasteiger partial charge on any atom is 0.237 e. The van der Waals surface area contributed by atoms with E-state index in [0.29, 0.717) is 12.6 Å². The minimum atomic E-state index is -0.397. The first-order valence-corrected chi connectivity index (χ1v) is 9.53. The van der Waals surface area contributed by atoms with Gasteiger partial charge in [0.25, 0.3) is 0 Å². The maximum absolute atomic E-state index is 12.1. The Labute approximate surface area is 152 Å². The van der Waals surface area contributed by atoms with Crippen LogP contribution in [0.3, 0.4) is 0 Å². The molecule has 25 heavy (non-hydrogen) atoms. The van der Waals surface area contributed by atoms with E-state index in [0.717, 1.165) is 39.0 Å². The first-order chi connectivity index (χ1) is 12.0. The second kappa shape index (κ2) is 9.90. The van der Waals surface area contributed by atoms with E-state index in [1.54, 1.807) is 0 Å². The summed E-state index contributed by atoms with van der Waals surface area (Å²) in [5.41, 5.74) is 7.35. The number of carbonyl (C=O) groups is 1. The fourth-order valence-electron chi connectivity index (χ4n) is 3.34. The normalized spacial score (nSPS) is 21.7. The van der Waals surface area contributed by atoms with Crippen molar-refractivity contribution < 1.29 is 4.79 Å². The zero-order valence-electron chi connectivity index (χ0n) is 15.9. The molecule has 0 aromatic heterocycles. The smallest absolute Gasteiger partial charge is 0.237 e. The average Bonchev–Trinajstić information content (AvgIpc) is 2.65. The quantitative estimate of drug-likeness (QED) is 0.705. The van der Waals surface area contributed by atoms with E-state index in [1.165, 1.54) is 5.56 Å². The van der Waals surface area contributed by atoms with Gasteiger partial charge < -0.3 is 16.0 Å². The standard InChI is InChI=1S/C20H34N4O/c1-4-16(2)19(21)20(25)22-11-8-12-24-14-13-23(3)15-18(24)17-9-6-5-7-10-17/h5-7,9-10,16,18-19H,4,8,11-15,21H2,1-3H3,(H,22,25). The fourth-order valence-corrected chi connectivity index (χ4v) is 3.34. The molecule has 1 aliphatic rings. The minimum absolute atomic E-state index is 0.0210. The third-order valence-corrected chi connectivity index (χ3v) is 5.36. The Balaban J connectivity index is 1.81. The summed E-state index contributed by atoms with van der Waals surface area (Å²) in [5.74, 6) is 0.201. The summed E-state index contributed by atoms with van der Waals surface area (Å²) in [6, 6.07) is 10.7. The molecule has 140 valence electrons. The Kier molecular flexibility index (Phi) is 7.88. The van der Waals surface area contributed by atoms with Crippen LogP contribution >= 0.6 is 0 Å². The van der Waals surface area contributed by atoms with Gasteiger partial charge in [0.15, 0.2) is 0 Å². The molecule has 0 saturated carbocycles. The molecule has 0 spiro atoms. The van der Waals surface area contributed by atoms with Gasteiger partial charge in [-0.3, -0.25) is 9.69 Å². The Morgan fingerprint density at radius 2 is 2.04 bits per heavy atom. The predicted molar refractivity (Wildman–Crippen MR) is 103 cm³/mol. The highest BCUT2D eigenvalue weighted by atomic mass is 16.2. The number of carbonyl (C=O) groups excluding carboxylic acids is 1. The van der Waals surface area contributed by atoms with Gasteiger partial charge in [-0.15, -0.1) is 0 Å². The number of nitrogens with one attached hydrogen (secondary N) is 1. The summed E-state index contributed by atoms with van der Waals surface area (Å²) >= 11 is 0. The molecule has 1 heterocycles. The van der Waals surface area contributed by atoms with Gasteiger partial charge in [0.1, 0.15) is 0 Å². The Morgan fingerprint density at radius 1 is 1.32 bits per heavy atom. The third kappa shape index (κ3) is 5.80. The topological polar surface area (TPSA) is 61.6 Å². The number of benzene rings is 1. The van der Waals surface area contributed by atoms with Crippen LogP contribution in [0, 0.1) is 5.92 Å². The monoisotopic (exact) mass is 346 g/mol. The molecule has 1 aliphatic heterocycles. The van der Waals surface area contributed by atoms with Gasteiger partial charge in [-0.1, -0.05) is 50.6 Å². The molecule has 1 saturated heterocycles. The molecule has 0 aliphatic carbocycles. The molecule has 3 unspecified atom stereocenters. The van der Waals surface area contributed by atoms with E-state index in [-0.39, 0.29) is 11.8 Å². The van der Waals surface area contributed by atoms with Crippen molar-refractivity contribution >= 4 is 5.91 Å². The van der Waals surface area contributed by atoms with Crippen molar-refractivity contribution in [3.63, 3.8) is 0 Å². The number of nitrogens with two attached hydrogens (primary N) is 1. The van der Waals surface area contributed by atoms with E-state index in [9.17, 15) is 4.79 Å². The SMILES string of the molecule is CCC(C)C(N)C(=O)NCCCN1CCN(C)CC1c1ccccc1. The molecule has 5 heteroatoms. The first kappa shape index (κ1) is 19.9. The average molecular weight is 347 g/mol. The highest BCUT2D eigenvalue weighted by Crippen LogP contribution is 2.24. The zero-order chi connectivity index (χ0) is 18.2. The van der Waals surface area contributed by atoms with E-state index >= 15 is 0 Å². The van der Waals surface area contributed by atoms with Gasteiger partial charge in [0.05, 0.1) is 6.04 Å². The highest BCUT2D eigenvalue weighted by molar-refractivity contribution is 5.81. The molecule has 3 atom stereocenters. The number of amides is 1. The lowest BCUT2D eigenvalue weighted by molar-refractivity contribution is -0.123. The molecule has 1 fully saturated rings. The van der Waals surface area contributed by atoms with Gasteiger partial charge in [-0.05, 0) is 24.9 Å². The predicted octanol–water partition coefficient (Wildman–Crippen LogP) is 1.85. The number of hydrogen-bond donors (Lipinski definition) is 2. The summed E-state index contributed by atoms with van der Waals surface area (Å²) in [7, 11) is 2.18. The van der Waals surface area contributed by atoms with Crippen molar-refractivity contribution in [1.82, 2.24) is 15.1 Å². The molecule has 0 bridgehead atoms. The van der Waals surface area contributed by atoms with Gasteiger partial charge in [-0.2, -0.15) is 0 Å². The van der Waals surface area contributed by atoms with Crippen LogP contribution in [0.5, 0.6) is 0 Å². The van der Waals surface area contributed by atoms with Crippen molar-refractivity contribution in [3.05, 3.63) is 35.9 Å². The third-order valence-electron chi connectivity index (χ3n) is 5.36. The lowest BCUT2D eigenvalue weighted by atomic mass is 9.99. The molecule has 1 aromatic carbocycles.